The molecule has 0 radical (unpaired) electrons. The van der Waals surface area contributed by atoms with E-state index >= 15 is 0 Å². The van der Waals surface area contributed by atoms with Crippen LogP contribution in [0.1, 0.15) is 15.9 Å². The molecule has 0 aliphatic rings. The zero-order valence-corrected chi connectivity index (χ0v) is 9.75. The molecule has 2 aromatic carbocycles. The number of carbonyl (C=O) groups excluding carboxylic acids is 1. The van der Waals surface area contributed by atoms with Crippen LogP contribution in [-0.2, 0) is 6.42 Å². The first-order valence-electron chi connectivity index (χ1n) is 5.19. The van der Waals surface area contributed by atoms with Gasteiger partial charge in [0.1, 0.15) is 5.82 Å². The van der Waals surface area contributed by atoms with Crippen molar-refractivity contribution < 1.29 is 9.18 Å². The lowest BCUT2D eigenvalue weighted by molar-refractivity contribution is 0.0989. The van der Waals surface area contributed by atoms with Crippen LogP contribution in [0.25, 0.3) is 0 Å². The molecule has 2 rings (SSSR count). The van der Waals surface area contributed by atoms with Crippen molar-refractivity contribution in [1.29, 1.82) is 0 Å². The monoisotopic (exact) mass is 248 g/mol. The predicted octanol–water partition coefficient (Wildman–Crippen LogP) is 3.90. The predicted molar refractivity (Wildman–Crippen MR) is 65.9 cm³/mol. The Labute approximate surface area is 104 Å². The van der Waals surface area contributed by atoms with Crippen LogP contribution >= 0.6 is 11.6 Å². The minimum Gasteiger partial charge on any atom is -0.294 e. The Kier molecular flexibility index (Phi) is 3.55. The average Bonchev–Trinajstić information content (AvgIpc) is 2.29. The smallest absolute Gasteiger partial charge is 0.170 e. The van der Waals surface area contributed by atoms with E-state index in [0.717, 1.165) is 5.56 Å². The fourth-order valence-electron chi connectivity index (χ4n) is 1.61. The Balaban J connectivity index is 2.20. The molecule has 0 saturated carbocycles. The van der Waals surface area contributed by atoms with E-state index in [-0.39, 0.29) is 17.8 Å². The fourth-order valence-corrected chi connectivity index (χ4v) is 1.83. The van der Waals surface area contributed by atoms with E-state index in [2.05, 4.69) is 0 Å². The minimum absolute atomic E-state index is 0.118. The Bertz CT molecular complexity index is 551. The van der Waals surface area contributed by atoms with Crippen molar-refractivity contribution >= 4 is 17.4 Å². The van der Waals surface area contributed by atoms with Gasteiger partial charge in [-0.25, -0.2) is 4.39 Å². The highest BCUT2D eigenvalue weighted by molar-refractivity contribution is 6.30. The summed E-state index contributed by atoms with van der Waals surface area (Å²) in [5.41, 5.74) is 0.901. The molecule has 0 unspecified atom stereocenters. The van der Waals surface area contributed by atoms with Gasteiger partial charge in [-0.15, -0.1) is 0 Å². The van der Waals surface area contributed by atoms with Gasteiger partial charge in [-0.05, 0) is 29.8 Å². The van der Waals surface area contributed by atoms with Crippen molar-refractivity contribution in [2.45, 2.75) is 6.42 Å². The number of carbonyl (C=O) groups is 1. The molecule has 3 heteroatoms. The fraction of sp³-hybridized carbons (Fsp3) is 0.0714. The van der Waals surface area contributed by atoms with E-state index < -0.39 is 5.82 Å². The summed E-state index contributed by atoms with van der Waals surface area (Å²) in [7, 11) is 0. The number of hydrogen-bond donors (Lipinski definition) is 0. The van der Waals surface area contributed by atoms with Crippen molar-refractivity contribution in [3.05, 3.63) is 70.5 Å². The van der Waals surface area contributed by atoms with Crippen molar-refractivity contribution in [2.75, 3.05) is 0 Å². The van der Waals surface area contributed by atoms with Gasteiger partial charge in [-0.3, -0.25) is 4.79 Å². The number of ketones is 1. The van der Waals surface area contributed by atoms with Crippen LogP contribution in [0.4, 0.5) is 4.39 Å². The third kappa shape index (κ3) is 2.92. The molecule has 0 atom stereocenters. The van der Waals surface area contributed by atoms with E-state index in [0.29, 0.717) is 5.02 Å². The molecular weight excluding hydrogens is 239 g/mol. The summed E-state index contributed by atoms with van der Waals surface area (Å²) in [5, 5.41) is 0.573. The molecule has 0 bridgehead atoms. The van der Waals surface area contributed by atoms with Gasteiger partial charge in [0.15, 0.2) is 5.78 Å². The van der Waals surface area contributed by atoms with Crippen LogP contribution < -0.4 is 0 Å². The van der Waals surface area contributed by atoms with Crippen LogP contribution in [0, 0.1) is 5.82 Å². The molecule has 1 nitrogen and oxygen atoms in total. The maximum absolute atomic E-state index is 13.4. The van der Waals surface area contributed by atoms with Crippen LogP contribution in [0.3, 0.4) is 0 Å². The van der Waals surface area contributed by atoms with Crippen LogP contribution in [0.2, 0.25) is 5.02 Å². The van der Waals surface area contributed by atoms with E-state index in [9.17, 15) is 9.18 Å². The maximum Gasteiger partial charge on any atom is 0.170 e. The second-order valence-corrected chi connectivity index (χ2v) is 4.15. The molecule has 0 aromatic heterocycles. The van der Waals surface area contributed by atoms with Crippen molar-refractivity contribution in [1.82, 2.24) is 0 Å². The molecular formula is C14H10ClFO. The highest BCUT2D eigenvalue weighted by atomic mass is 35.5. The van der Waals surface area contributed by atoms with Gasteiger partial charge in [0.25, 0.3) is 0 Å². The molecule has 0 N–H and O–H groups in total. The Hall–Kier alpha value is -1.67. The number of halogens is 2. The SMILES string of the molecule is O=C(Cc1cccc(Cl)c1)c1ccccc1F. The summed E-state index contributed by atoms with van der Waals surface area (Å²) >= 11 is 5.82. The normalized spacial score (nSPS) is 10.2. The topological polar surface area (TPSA) is 17.1 Å². The zero-order valence-electron chi connectivity index (χ0n) is 8.99. The molecule has 86 valence electrons. The van der Waals surface area contributed by atoms with Crippen LogP contribution in [0.5, 0.6) is 0 Å². The Morgan fingerprint density at radius 2 is 1.88 bits per heavy atom. The molecule has 0 aliphatic carbocycles. The summed E-state index contributed by atoms with van der Waals surface area (Å²) in [6.07, 6.45) is 0.154. The van der Waals surface area contributed by atoms with Gasteiger partial charge in [0.05, 0.1) is 5.56 Å². The van der Waals surface area contributed by atoms with E-state index in [4.69, 9.17) is 11.6 Å². The first kappa shape index (κ1) is 11.8. The first-order chi connectivity index (χ1) is 8.16. The molecule has 0 spiro atoms. The average molecular weight is 249 g/mol. The number of Topliss-reactive ketones (excluding diaryl/α,β-unsaturated/α-hetero) is 1. The number of rotatable bonds is 3. The Morgan fingerprint density at radius 3 is 2.59 bits per heavy atom. The number of benzene rings is 2. The lowest BCUT2D eigenvalue weighted by Crippen LogP contribution is -2.05. The van der Waals surface area contributed by atoms with Gasteiger partial charge in [0.2, 0.25) is 0 Å². The third-order valence-electron chi connectivity index (χ3n) is 2.43. The molecule has 0 fully saturated rings. The summed E-state index contributed by atoms with van der Waals surface area (Å²) < 4.78 is 13.4. The van der Waals surface area contributed by atoms with E-state index in [1.54, 1.807) is 36.4 Å². The van der Waals surface area contributed by atoms with Crippen molar-refractivity contribution in [3.63, 3.8) is 0 Å². The maximum atomic E-state index is 13.4. The van der Waals surface area contributed by atoms with Gasteiger partial charge < -0.3 is 0 Å². The second kappa shape index (κ2) is 5.11. The highest BCUT2D eigenvalue weighted by Crippen LogP contribution is 2.14. The molecule has 0 saturated heterocycles. The molecule has 17 heavy (non-hydrogen) atoms. The van der Waals surface area contributed by atoms with Gasteiger partial charge in [-0.1, -0.05) is 35.9 Å². The second-order valence-electron chi connectivity index (χ2n) is 3.71. The minimum atomic E-state index is -0.487. The highest BCUT2D eigenvalue weighted by Gasteiger charge is 2.11. The van der Waals surface area contributed by atoms with Gasteiger partial charge in [0, 0.05) is 11.4 Å². The van der Waals surface area contributed by atoms with E-state index in [1.807, 2.05) is 0 Å². The summed E-state index contributed by atoms with van der Waals surface area (Å²) in [6.45, 7) is 0. The number of hydrogen-bond acceptors (Lipinski definition) is 1. The largest absolute Gasteiger partial charge is 0.294 e. The first-order valence-corrected chi connectivity index (χ1v) is 5.57. The van der Waals surface area contributed by atoms with Gasteiger partial charge >= 0.3 is 0 Å². The van der Waals surface area contributed by atoms with Crippen molar-refractivity contribution in [3.8, 4) is 0 Å². The summed E-state index contributed by atoms with van der Waals surface area (Å²) in [4.78, 5) is 11.9. The van der Waals surface area contributed by atoms with Crippen LogP contribution in [-0.4, -0.2) is 5.78 Å². The van der Waals surface area contributed by atoms with Crippen molar-refractivity contribution in [2.24, 2.45) is 0 Å². The molecule has 0 amide bonds. The quantitative estimate of drug-likeness (QED) is 0.753. The standard InChI is InChI=1S/C14H10ClFO/c15-11-5-3-4-10(8-11)9-14(17)12-6-1-2-7-13(12)16/h1-8H,9H2. The molecule has 0 heterocycles. The summed E-state index contributed by atoms with van der Waals surface area (Å²) in [6, 6.07) is 13.0. The zero-order chi connectivity index (χ0) is 12.3. The Morgan fingerprint density at radius 1 is 1.12 bits per heavy atom. The lowest BCUT2D eigenvalue weighted by atomic mass is 10.0. The third-order valence-corrected chi connectivity index (χ3v) is 2.66. The van der Waals surface area contributed by atoms with Crippen LogP contribution in [0.15, 0.2) is 48.5 Å². The molecule has 0 aliphatic heterocycles. The molecule has 2 aromatic rings. The summed E-state index contributed by atoms with van der Waals surface area (Å²) in [5.74, 6) is -0.732. The van der Waals surface area contributed by atoms with Gasteiger partial charge in [-0.2, -0.15) is 0 Å². The van der Waals surface area contributed by atoms with E-state index in [1.165, 1.54) is 12.1 Å². The lowest BCUT2D eigenvalue weighted by Gasteiger charge is -2.03.